The van der Waals surface area contributed by atoms with E-state index < -0.39 is 21.3 Å². The molecule has 31 heavy (non-hydrogen) atoms. The Kier molecular flexibility index (Phi) is 5.43. The molecule has 1 aliphatic rings. The number of ketones is 1. The van der Waals surface area contributed by atoms with E-state index in [0.29, 0.717) is 27.7 Å². The van der Waals surface area contributed by atoms with Gasteiger partial charge in [0.15, 0.2) is 9.84 Å². The number of benzene rings is 3. The summed E-state index contributed by atoms with van der Waals surface area (Å²) in [5, 5.41) is 11.8. The van der Waals surface area contributed by atoms with Crippen molar-refractivity contribution in [2.24, 2.45) is 4.99 Å². The molecule has 1 heterocycles. The molecule has 0 aromatic heterocycles. The quantitative estimate of drug-likeness (QED) is 0.595. The minimum atomic E-state index is -3.36. The number of carbonyl (C=O) groups is 1. The number of halogens is 1. The van der Waals surface area contributed by atoms with Crippen molar-refractivity contribution in [2.45, 2.75) is 10.6 Å². The zero-order valence-electron chi connectivity index (χ0n) is 16.6. The van der Waals surface area contributed by atoms with Gasteiger partial charge in [-0.05, 0) is 48.5 Å². The molecule has 0 fully saturated rings. The lowest BCUT2D eigenvalue weighted by atomic mass is 10.0. The van der Waals surface area contributed by atoms with Crippen LogP contribution >= 0.6 is 11.6 Å². The third-order valence-corrected chi connectivity index (χ3v) is 6.38. The maximum Gasteiger partial charge on any atom is 0.240 e. The molecule has 3 aromatic carbocycles. The summed E-state index contributed by atoms with van der Waals surface area (Å²) in [5.74, 6) is -0.163. The number of hydrogen-bond acceptors (Lipinski definition) is 6. The van der Waals surface area contributed by atoms with Gasteiger partial charge in [0.05, 0.1) is 11.4 Å². The minimum absolute atomic E-state index is 0.0917. The van der Waals surface area contributed by atoms with E-state index in [1.807, 2.05) is 0 Å². The standard InChI is InChI=1S/C23H19ClN2O4S/c1-31(29,30)20-13-7-17(8-14-20)22-25-23(28,21(27)16-5-3-2-4-6-16)15-26(22)19-11-9-18(24)10-12-19/h2-14,28H,15H2,1H3. The number of anilines is 1. The van der Waals surface area contributed by atoms with Crippen molar-refractivity contribution in [3.63, 3.8) is 0 Å². The molecule has 3 aromatic rings. The van der Waals surface area contributed by atoms with Gasteiger partial charge in [-0.2, -0.15) is 0 Å². The number of β-amino-alcohol motifs (C(OH)–C–C–N with tert-alkyl or cyclic N) is 1. The molecule has 1 atom stereocenters. The Bertz CT molecular complexity index is 1260. The van der Waals surface area contributed by atoms with Gasteiger partial charge < -0.3 is 10.0 Å². The molecule has 0 spiro atoms. The average molecular weight is 455 g/mol. The zero-order valence-corrected chi connectivity index (χ0v) is 18.1. The van der Waals surface area contributed by atoms with Crippen LogP contribution in [0.25, 0.3) is 0 Å². The van der Waals surface area contributed by atoms with Gasteiger partial charge in [-0.1, -0.05) is 41.9 Å². The Morgan fingerprint density at radius 2 is 1.61 bits per heavy atom. The van der Waals surface area contributed by atoms with E-state index in [2.05, 4.69) is 4.99 Å². The first-order valence-corrected chi connectivity index (χ1v) is 11.7. The highest BCUT2D eigenvalue weighted by Crippen LogP contribution is 2.31. The maximum atomic E-state index is 13.1. The normalized spacial score (nSPS) is 18.7. The Balaban J connectivity index is 1.79. The van der Waals surface area contributed by atoms with Crippen LogP contribution in [-0.4, -0.2) is 43.7 Å². The molecule has 4 rings (SSSR count). The first kappa shape index (κ1) is 21.2. The minimum Gasteiger partial charge on any atom is -0.362 e. The summed E-state index contributed by atoms with van der Waals surface area (Å²) in [7, 11) is -3.36. The number of hydrogen-bond donors (Lipinski definition) is 1. The van der Waals surface area contributed by atoms with Gasteiger partial charge >= 0.3 is 0 Å². The van der Waals surface area contributed by atoms with Gasteiger partial charge in [-0.15, -0.1) is 0 Å². The summed E-state index contributed by atoms with van der Waals surface area (Å²) in [6.45, 7) is -0.0917. The van der Waals surface area contributed by atoms with Gasteiger partial charge in [0, 0.05) is 28.1 Å². The lowest BCUT2D eigenvalue weighted by Gasteiger charge is -2.23. The van der Waals surface area contributed by atoms with E-state index in [0.717, 1.165) is 6.26 Å². The van der Waals surface area contributed by atoms with E-state index in [4.69, 9.17) is 11.6 Å². The van der Waals surface area contributed by atoms with Crippen LogP contribution in [0.4, 0.5) is 5.69 Å². The number of aliphatic hydroxyl groups is 1. The van der Waals surface area contributed by atoms with Gasteiger partial charge in [0.25, 0.3) is 0 Å². The van der Waals surface area contributed by atoms with Gasteiger partial charge in [-0.25, -0.2) is 13.4 Å². The fraction of sp³-hybridized carbons (Fsp3) is 0.130. The lowest BCUT2D eigenvalue weighted by Crippen LogP contribution is -2.42. The molecular formula is C23H19ClN2O4S. The van der Waals surface area contributed by atoms with E-state index in [9.17, 15) is 18.3 Å². The first-order valence-electron chi connectivity index (χ1n) is 9.43. The summed E-state index contributed by atoms with van der Waals surface area (Å²) >= 11 is 6.01. The summed E-state index contributed by atoms with van der Waals surface area (Å²) in [6.07, 6.45) is 1.13. The number of aliphatic imine (C=N–C) groups is 1. The van der Waals surface area contributed by atoms with E-state index >= 15 is 0 Å². The summed E-state index contributed by atoms with van der Waals surface area (Å²) in [4.78, 5) is 19.4. The zero-order chi connectivity index (χ0) is 22.2. The fourth-order valence-corrected chi connectivity index (χ4v) is 4.17. The third-order valence-electron chi connectivity index (χ3n) is 5.00. The Hall–Kier alpha value is -3.00. The second kappa shape index (κ2) is 7.92. The maximum absolute atomic E-state index is 13.1. The lowest BCUT2D eigenvalue weighted by molar-refractivity contribution is 0.0438. The molecule has 0 bridgehead atoms. The molecule has 0 amide bonds. The van der Waals surface area contributed by atoms with Crippen LogP contribution < -0.4 is 4.90 Å². The highest BCUT2D eigenvalue weighted by molar-refractivity contribution is 7.90. The molecule has 0 aliphatic carbocycles. The number of Topliss-reactive ketones (excluding diaryl/α,β-unsaturated/α-hetero) is 1. The van der Waals surface area contributed by atoms with Crippen molar-refractivity contribution >= 4 is 38.7 Å². The topological polar surface area (TPSA) is 87.0 Å². The van der Waals surface area contributed by atoms with Gasteiger partial charge in [0.1, 0.15) is 5.84 Å². The Labute approximate surface area is 185 Å². The molecule has 0 saturated heterocycles. The first-order chi connectivity index (χ1) is 14.7. The Morgan fingerprint density at radius 1 is 1.00 bits per heavy atom. The van der Waals surface area contributed by atoms with Crippen LogP contribution in [0.5, 0.6) is 0 Å². The summed E-state index contributed by atoms with van der Waals surface area (Å²) in [5.41, 5.74) is -0.393. The van der Waals surface area contributed by atoms with Crippen LogP contribution in [0.3, 0.4) is 0 Å². The molecule has 1 N–H and O–H groups in total. The molecule has 1 unspecified atom stereocenters. The number of carbonyl (C=O) groups excluding carboxylic acids is 1. The van der Waals surface area contributed by atoms with Gasteiger partial charge in [0.2, 0.25) is 11.5 Å². The monoisotopic (exact) mass is 454 g/mol. The molecule has 0 radical (unpaired) electrons. The SMILES string of the molecule is CS(=O)(=O)c1ccc(C2=NC(O)(C(=O)c3ccccc3)CN2c2ccc(Cl)cc2)cc1. The summed E-state index contributed by atoms with van der Waals surface area (Å²) in [6, 6.07) is 21.6. The van der Waals surface area contributed by atoms with E-state index in [-0.39, 0.29) is 11.4 Å². The molecule has 1 aliphatic heterocycles. The number of nitrogens with zero attached hydrogens (tertiary/aromatic N) is 2. The van der Waals surface area contributed by atoms with Crippen LogP contribution in [-0.2, 0) is 9.84 Å². The van der Waals surface area contributed by atoms with Crippen LogP contribution in [0.15, 0.2) is 88.8 Å². The number of rotatable bonds is 5. The molecule has 8 heteroatoms. The fourth-order valence-electron chi connectivity index (χ4n) is 3.42. The van der Waals surface area contributed by atoms with Crippen molar-refractivity contribution in [2.75, 3.05) is 17.7 Å². The molecular weight excluding hydrogens is 436 g/mol. The Morgan fingerprint density at radius 3 is 2.19 bits per heavy atom. The summed E-state index contributed by atoms with van der Waals surface area (Å²) < 4.78 is 23.6. The van der Waals surface area contributed by atoms with Gasteiger partial charge in [-0.3, -0.25) is 4.79 Å². The van der Waals surface area contributed by atoms with E-state index in [1.165, 1.54) is 12.1 Å². The predicted molar refractivity (Wildman–Crippen MR) is 121 cm³/mol. The predicted octanol–water partition coefficient (Wildman–Crippen LogP) is 3.58. The second-order valence-corrected chi connectivity index (χ2v) is 9.76. The second-order valence-electron chi connectivity index (χ2n) is 7.31. The average Bonchev–Trinajstić information content (AvgIpc) is 3.13. The number of sulfone groups is 1. The van der Waals surface area contributed by atoms with Crippen molar-refractivity contribution in [1.29, 1.82) is 0 Å². The van der Waals surface area contributed by atoms with Crippen LogP contribution in [0.1, 0.15) is 15.9 Å². The highest BCUT2D eigenvalue weighted by Gasteiger charge is 2.45. The van der Waals surface area contributed by atoms with Crippen molar-refractivity contribution in [1.82, 2.24) is 0 Å². The highest BCUT2D eigenvalue weighted by atomic mass is 35.5. The van der Waals surface area contributed by atoms with Crippen molar-refractivity contribution in [3.05, 3.63) is 95.0 Å². The van der Waals surface area contributed by atoms with E-state index in [1.54, 1.807) is 71.6 Å². The number of amidine groups is 1. The smallest absolute Gasteiger partial charge is 0.240 e. The van der Waals surface area contributed by atoms with Crippen molar-refractivity contribution in [3.8, 4) is 0 Å². The largest absolute Gasteiger partial charge is 0.362 e. The van der Waals surface area contributed by atoms with Crippen molar-refractivity contribution < 1.29 is 18.3 Å². The third kappa shape index (κ3) is 4.25. The molecule has 6 nitrogen and oxygen atoms in total. The van der Waals surface area contributed by atoms with Crippen LogP contribution in [0.2, 0.25) is 5.02 Å². The molecule has 0 saturated carbocycles. The van der Waals surface area contributed by atoms with Crippen LogP contribution in [0, 0.1) is 0 Å². The molecule has 158 valence electrons.